The Hall–Kier alpha value is -1.30. The Morgan fingerprint density at radius 1 is 1.41 bits per heavy atom. The summed E-state index contributed by atoms with van der Waals surface area (Å²) >= 11 is 1.76. The summed E-state index contributed by atoms with van der Waals surface area (Å²) in [7, 11) is 0. The van der Waals surface area contributed by atoms with E-state index in [0.29, 0.717) is 24.6 Å². The summed E-state index contributed by atoms with van der Waals surface area (Å²) in [5.41, 5.74) is 0.701. The van der Waals surface area contributed by atoms with Crippen LogP contribution in [0.3, 0.4) is 0 Å². The van der Waals surface area contributed by atoms with Crippen molar-refractivity contribution in [3.63, 3.8) is 0 Å². The van der Waals surface area contributed by atoms with Gasteiger partial charge in [-0.25, -0.2) is 8.78 Å². The number of nitrogens with one attached hydrogen (secondary N) is 1. The molecule has 0 aromatic heterocycles. The van der Waals surface area contributed by atoms with Crippen LogP contribution in [0.25, 0.3) is 0 Å². The number of thioether (sulfide) groups is 1. The molecule has 0 aliphatic carbocycles. The van der Waals surface area contributed by atoms with Gasteiger partial charge in [-0.15, -0.1) is 0 Å². The first-order chi connectivity index (χ1) is 10.6. The van der Waals surface area contributed by atoms with Gasteiger partial charge in [0.25, 0.3) is 0 Å². The number of hydrogen-bond donors (Lipinski definition) is 1. The average molecular weight is 328 g/mol. The third-order valence-electron chi connectivity index (χ3n) is 3.82. The Labute approximate surface area is 134 Å². The summed E-state index contributed by atoms with van der Waals surface area (Å²) in [5, 5.41) is 2.96. The third-order valence-corrected chi connectivity index (χ3v) is 4.72. The van der Waals surface area contributed by atoms with Crippen LogP contribution in [0.5, 0.6) is 0 Å². The van der Waals surface area contributed by atoms with Crippen molar-refractivity contribution in [1.29, 1.82) is 0 Å². The van der Waals surface area contributed by atoms with Gasteiger partial charge in [-0.05, 0) is 30.2 Å². The van der Waals surface area contributed by atoms with Crippen LogP contribution in [0.2, 0.25) is 0 Å². The Bertz CT molecular complexity index is 513. The number of rotatable bonds is 7. The Morgan fingerprint density at radius 2 is 2.23 bits per heavy atom. The van der Waals surface area contributed by atoms with Crippen LogP contribution in [-0.2, 0) is 4.79 Å². The highest BCUT2D eigenvalue weighted by atomic mass is 32.2. The van der Waals surface area contributed by atoms with E-state index in [1.54, 1.807) is 17.8 Å². The van der Waals surface area contributed by atoms with E-state index < -0.39 is 11.6 Å². The number of halogens is 2. The molecule has 1 atom stereocenters. The van der Waals surface area contributed by atoms with E-state index in [4.69, 9.17) is 0 Å². The van der Waals surface area contributed by atoms with Crippen LogP contribution in [0.15, 0.2) is 18.2 Å². The molecule has 1 N–H and O–H groups in total. The van der Waals surface area contributed by atoms with Gasteiger partial charge in [0.05, 0.1) is 0 Å². The van der Waals surface area contributed by atoms with Gasteiger partial charge in [0.15, 0.2) is 11.6 Å². The fourth-order valence-corrected chi connectivity index (χ4v) is 3.19. The molecular formula is C16H22F2N2OS. The molecular weight excluding hydrogens is 306 g/mol. The molecule has 1 aliphatic rings. The Morgan fingerprint density at radius 3 is 2.95 bits per heavy atom. The maximum absolute atomic E-state index is 13.3. The second-order valence-electron chi connectivity index (χ2n) is 5.45. The molecule has 2 rings (SSSR count). The lowest BCUT2D eigenvalue weighted by Crippen LogP contribution is -2.31. The number of carbonyl (C=O) groups is 1. The molecule has 6 heteroatoms. The van der Waals surface area contributed by atoms with Gasteiger partial charge < -0.3 is 10.2 Å². The summed E-state index contributed by atoms with van der Waals surface area (Å²) in [6.45, 7) is 4.29. The molecule has 0 radical (unpaired) electrons. The van der Waals surface area contributed by atoms with Crippen LogP contribution >= 0.6 is 11.8 Å². The summed E-state index contributed by atoms with van der Waals surface area (Å²) in [4.78, 5) is 13.7. The second-order valence-corrected chi connectivity index (χ2v) is 6.84. The summed E-state index contributed by atoms with van der Waals surface area (Å²) < 4.78 is 26.2. The van der Waals surface area contributed by atoms with E-state index in [2.05, 4.69) is 12.2 Å². The van der Waals surface area contributed by atoms with E-state index in [1.165, 1.54) is 6.07 Å². The van der Waals surface area contributed by atoms with Gasteiger partial charge >= 0.3 is 0 Å². The zero-order valence-electron chi connectivity index (χ0n) is 12.8. The summed E-state index contributed by atoms with van der Waals surface area (Å²) in [5.74, 6) is 0.690. The molecule has 22 heavy (non-hydrogen) atoms. The Balaban J connectivity index is 1.75. The van der Waals surface area contributed by atoms with Crippen LogP contribution in [-0.4, -0.2) is 37.0 Å². The van der Waals surface area contributed by atoms with Gasteiger partial charge in [0.2, 0.25) is 5.91 Å². The van der Waals surface area contributed by atoms with Gasteiger partial charge in [-0.2, -0.15) is 11.8 Å². The predicted octanol–water partition coefficient (Wildman–Crippen LogP) is 3.05. The van der Waals surface area contributed by atoms with E-state index in [-0.39, 0.29) is 5.91 Å². The molecule has 0 saturated carbocycles. The lowest BCUT2D eigenvalue weighted by atomic mass is 10.1. The zero-order valence-corrected chi connectivity index (χ0v) is 13.6. The maximum atomic E-state index is 13.3. The first-order valence-electron chi connectivity index (χ1n) is 7.64. The molecule has 1 aliphatic heterocycles. The monoisotopic (exact) mass is 328 g/mol. The normalized spacial score (nSPS) is 17.8. The van der Waals surface area contributed by atoms with E-state index >= 15 is 0 Å². The van der Waals surface area contributed by atoms with E-state index in [9.17, 15) is 13.6 Å². The predicted molar refractivity (Wildman–Crippen MR) is 87.3 cm³/mol. The number of nitrogens with zero attached hydrogens (tertiary/aromatic N) is 1. The topological polar surface area (TPSA) is 32.3 Å². The van der Waals surface area contributed by atoms with Gasteiger partial charge in [-0.3, -0.25) is 4.79 Å². The number of benzene rings is 1. The first kappa shape index (κ1) is 17.1. The number of hydrogen-bond acceptors (Lipinski definition) is 3. The van der Waals surface area contributed by atoms with Crippen molar-refractivity contribution in [1.82, 2.24) is 5.32 Å². The molecule has 122 valence electrons. The standard InChI is InChI=1S/C16H22F2N2OS/c1-2-22-8-6-16(21)19-10-12-5-7-20(11-12)13-3-4-14(17)15(18)9-13/h3-4,9,12H,2,5-8,10-11H2,1H3,(H,19,21). The van der Waals surface area contributed by atoms with Crippen molar-refractivity contribution in [2.24, 2.45) is 5.92 Å². The molecule has 0 bridgehead atoms. The highest BCUT2D eigenvalue weighted by Crippen LogP contribution is 2.25. The van der Waals surface area contributed by atoms with Gasteiger partial charge in [0.1, 0.15) is 0 Å². The van der Waals surface area contributed by atoms with Crippen molar-refractivity contribution in [2.75, 3.05) is 36.0 Å². The fourth-order valence-electron chi connectivity index (χ4n) is 2.57. The second kappa shape index (κ2) is 8.36. The molecule has 3 nitrogen and oxygen atoms in total. The highest BCUT2D eigenvalue weighted by molar-refractivity contribution is 7.99. The largest absolute Gasteiger partial charge is 0.371 e. The minimum Gasteiger partial charge on any atom is -0.371 e. The van der Waals surface area contributed by atoms with Crippen molar-refractivity contribution in [3.05, 3.63) is 29.8 Å². The van der Waals surface area contributed by atoms with E-state index in [1.807, 2.05) is 4.90 Å². The number of amides is 1. The van der Waals surface area contributed by atoms with Crippen molar-refractivity contribution in [3.8, 4) is 0 Å². The molecule has 1 fully saturated rings. The molecule has 1 unspecified atom stereocenters. The van der Waals surface area contributed by atoms with Crippen LogP contribution < -0.4 is 10.2 Å². The van der Waals surface area contributed by atoms with Crippen molar-refractivity contribution in [2.45, 2.75) is 19.8 Å². The lowest BCUT2D eigenvalue weighted by Gasteiger charge is -2.19. The van der Waals surface area contributed by atoms with Crippen LogP contribution in [0, 0.1) is 17.6 Å². The quantitative estimate of drug-likeness (QED) is 0.781. The Kier molecular flexibility index (Phi) is 6.49. The molecule has 1 heterocycles. The number of anilines is 1. The SMILES string of the molecule is CCSCCC(=O)NCC1CCN(c2ccc(F)c(F)c2)C1. The van der Waals surface area contributed by atoms with E-state index in [0.717, 1.165) is 37.1 Å². The van der Waals surface area contributed by atoms with Crippen molar-refractivity contribution >= 4 is 23.4 Å². The average Bonchev–Trinajstić information content (AvgIpc) is 2.97. The third kappa shape index (κ3) is 4.87. The van der Waals surface area contributed by atoms with Crippen LogP contribution in [0.4, 0.5) is 14.5 Å². The smallest absolute Gasteiger partial charge is 0.220 e. The fraction of sp³-hybridized carbons (Fsp3) is 0.562. The van der Waals surface area contributed by atoms with Gasteiger partial charge in [0, 0.05) is 43.6 Å². The minimum atomic E-state index is -0.822. The molecule has 1 saturated heterocycles. The maximum Gasteiger partial charge on any atom is 0.220 e. The molecule has 1 amide bonds. The first-order valence-corrected chi connectivity index (χ1v) is 8.80. The molecule has 1 aromatic rings. The van der Waals surface area contributed by atoms with Gasteiger partial charge in [-0.1, -0.05) is 6.92 Å². The summed E-state index contributed by atoms with van der Waals surface area (Å²) in [6.07, 6.45) is 1.50. The zero-order chi connectivity index (χ0) is 15.9. The summed E-state index contributed by atoms with van der Waals surface area (Å²) in [6, 6.07) is 3.99. The molecule has 1 aromatic carbocycles. The van der Waals surface area contributed by atoms with Crippen molar-refractivity contribution < 1.29 is 13.6 Å². The molecule has 0 spiro atoms. The lowest BCUT2D eigenvalue weighted by molar-refractivity contribution is -0.120. The minimum absolute atomic E-state index is 0.0900. The number of carbonyl (C=O) groups excluding carboxylic acids is 1. The highest BCUT2D eigenvalue weighted by Gasteiger charge is 2.23. The van der Waals surface area contributed by atoms with Crippen LogP contribution in [0.1, 0.15) is 19.8 Å².